The van der Waals surface area contributed by atoms with Crippen molar-refractivity contribution >= 4 is 23.5 Å². The van der Waals surface area contributed by atoms with Crippen LogP contribution in [0, 0.1) is 31.6 Å². The molecule has 0 radical (unpaired) electrons. The van der Waals surface area contributed by atoms with E-state index in [0.717, 1.165) is 16.8 Å². The highest BCUT2D eigenvalue weighted by atomic mass is 16.6. The fourth-order valence-corrected chi connectivity index (χ4v) is 7.56. The van der Waals surface area contributed by atoms with E-state index in [4.69, 9.17) is 9.47 Å². The van der Waals surface area contributed by atoms with E-state index in [2.05, 4.69) is 13.2 Å². The smallest absolute Gasteiger partial charge is 0.312 e. The number of aliphatic hydroxyl groups is 1. The molecule has 3 aliphatic heterocycles. The summed E-state index contributed by atoms with van der Waals surface area (Å²) in [6.07, 6.45) is 6.35. The predicted octanol–water partition coefficient (Wildman–Crippen LogP) is 4.50. The molecule has 3 saturated heterocycles. The SMILES string of the molecule is C=CCCCOC(=O)[C@H]1[C@H]2C(=O)N([C@@H](CO)C(C)C)C(C(=O)N(CC=C)c3c(C)cccc3C)C23CC[C@]1(CC)O3. The molecule has 3 fully saturated rings. The fourth-order valence-electron chi connectivity index (χ4n) is 7.56. The number of fused-ring (bicyclic) bond motifs is 1. The quantitative estimate of drug-likeness (QED) is 0.215. The lowest BCUT2D eigenvalue weighted by Crippen LogP contribution is -2.60. The van der Waals surface area contributed by atoms with Crippen LogP contribution in [-0.4, -0.2) is 70.8 Å². The third kappa shape index (κ3) is 4.93. The van der Waals surface area contributed by atoms with Gasteiger partial charge in [0.25, 0.3) is 5.91 Å². The molecule has 0 saturated carbocycles. The van der Waals surface area contributed by atoms with Gasteiger partial charge >= 0.3 is 5.97 Å². The minimum atomic E-state index is -1.20. The second-order valence-electron chi connectivity index (χ2n) is 12.1. The number of nitrogens with zero attached hydrogens (tertiary/aromatic N) is 2. The molecule has 2 amide bonds. The van der Waals surface area contributed by atoms with Crippen LogP contribution in [0.2, 0.25) is 0 Å². The average Bonchev–Trinajstić information content (AvgIpc) is 3.54. The van der Waals surface area contributed by atoms with Crippen LogP contribution in [0.25, 0.3) is 0 Å². The number of allylic oxidation sites excluding steroid dienone is 1. The summed E-state index contributed by atoms with van der Waals surface area (Å²) in [6, 6.07) is 4.23. The van der Waals surface area contributed by atoms with Crippen LogP contribution in [0.3, 0.4) is 0 Å². The van der Waals surface area contributed by atoms with Crippen molar-refractivity contribution in [2.45, 2.75) is 90.0 Å². The summed E-state index contributed by atoms with van der Waals surface area (Å²) in [5.74, 6) is -2.88. The normalized spacial score (nSPS) is 29.0. The second-order valence-corrected chi connectivity index (χ2v) is 12.1. The van der Waals surface area contributed by atoms with Crippen molar-refractivity contribution < 1.29 is 29.0 Å². The second kappa shape index (κ2) is 12.1. The van der Waals surface area contributed by atoms with Gasteiger partial charge in [-0.15, -0.1) is 13.2 Å². The van der Waals surface area contributed by atoms with Crippen molar-refractivity contribution in [1.29, 1.82) is 0 Å². The van der Waals surface area contributed by atoms with E-state index in [-0.39, 0.29) is 37.5 Å². The fraction of sp³-hybridized carbons (Fsp3) is 0.606. The van der Waals surface area contributed by atoms with Crippen molar-refractivity contribution in [2.24, 2.45) is 17.8 Å². The number of likely N-dealkylation sites (tertiary alicyclic amines) is 1. The van der Waals surface area contributed by atoms with Crippen LogP contribution in [0.4, 0.5) is 5.69 Å². The Hall–Kier alpha value is -2.97. The molecule has 2 bridgehead atoms. The van der Waals surface area contributed by atoms with Crippen molar-refractivity contribution in [3.63, 3.8) is 0 Å². The van der Waals surface area contributed by atoms with Gasteiger partial charge in [-0.2, -0.15) is 0 Å². The maximum absolute atomic E-state index is 14.9. The number of anilines is 1. The Morgan fingerprint density at radius 1 is 1.22 bits per heavy atom. The summed E-state index contributed by atoms with van der Waals surface area (Å²) < 4.78 is 12.6. The van der Waals surface area contributed by atoms with Gasteiger partial charge in [-0.3, -0.25) is 14.4 Å². The van der Waals surface area contributed by atoms with Gasteiger partial charge in [-0.05, 0) is 63.0 Å². The number of hydrogen-bond acceptors (Lipinski definition) is 6. The third-order valence-electron chi connectivity index (χ3n) is 9.50. The van der Waals surface area contributed by atoms with Gasteiger partial charge in [0, 0.05) is 12.2 Å². The molecule has 41 heavy (non-hydrogen) atoms. The lowest BCUT2D eigenvalue weighted by molar-refractivity contribution is -0.162. The van der Waals surface area contributed by atoms with Crippen LogP contribution < -0.4 is 4.90 Å². The van der Waals surface area contributed by atoms with Crippen LogP contribution >= 0.6 is 0 Å². The maximum atomic E-state index is 14.9. The molecule has 224 valence electrons. The minimum Gasteiger partial charge on any atom is -0.465 e. The summed E-state index contributed by atoms with van der Waals surface area (Å²) in [4.78, 5) is 46.3. The molecule has 2 unspecified atom stereocenters. The first kappa shape index (κ1) is 31.0. The average molecular weight is 567 g/mol. The van der Waals surface area contributed by atoms with Crippen molar-refractivity contribution in [2.75, 3.05) is 24.7 Å². The number of amides is 2. The van der Waals surface area contributed by atoms with Crippen LogP contribution in [-0.2, 0) is 23.9 Å². The molecule has 1 aromatic carbocycles. The molecule has 1 spiro atoms. The van der Waals surface area contributed by atoms with Gasteiger partial charge < -0.3 is 24.4 Å². The first-order valence-electron chi connectivity index (χ1n) is 14.9. The Bertz CT molecular complexity index is 1180. The summed E-state index contributed by atoms with van der Waals surface area (Å²) in [6.45, 7) is 17.5. The summed E-state index contributed by atoms with van der Waals surface area (Å²) in [5, 5.41) is 10.5. The number of carbonyl (C=O) groups is 3. The highest BCUT2D eigenvalue weighted by molar-refractivity contribution is 6.05. The zero-order valence-corrected chi connectivity index (χ0v) is 25.2. The van der Waals surface area contributed by atoms with Crippen LogP contribution in [0.1, 0.15) is 64.0 Å². The molecular formula is C33H46N2O6. The number of esters is 1. The number of ether oxygens (including phenoxy) is 2. The molecule has 6 atom stereocenters. The number of rotatable bonds is 13. The first-order chi connectivity index (χ1) is 19.5. The Balaban J connectivity index is 1.85. The van der Waals surface area contributed by atoms with E-state index in [1.807, 2.05) is 52.8 Å². The van der Waals surface area contributed by atoms with Gasteiger partial charge in [0.1, 0.15) is 17.6 Å². The third-order valence-corrected chi connectivity index (χ3v) is 9.50. The molecule has 0 aromatic heterocycles. The van der Waals surface area contributed by atoms with Crippen molar-refractivity contribution in [3.05, 3.63) is 54.6 Å². The Morgan fingerprint density at radius 2 is 1.90 bits per heavy atom. The number of unbranched alkanes of at least 4 members (excludes halogenated alkanes) is 1. The molecule has 3 heterocycles. The summed E-state index contributed by atoms with van der Waals surface area (Å²) in [5.41, 5.74) is 0.540. The highest BCUT2D eigenvalue weighted by Gasteiger charge is 2.79. The number of aryl methyl sites for hydroxylation is 2. The van der Waals surface area contributed by atoms with E-state index in [1.165, 1.54) is 0 Å². The molecule has 0 aliphatic carbocycles. The zero-order chi connectivity index (χ0) is 30.1. The van der Waals surface area contributed by atoms with Gasteiger partial charge in [0.05, 0.1) is 30.8 Å². The Kier molecular flexibility index (Phi) is 9.14. The number of para-hydroxylation sites is 1. The topological polar surface area (TPSA) is 96.4 Å². The molecule has 3 aliphatic rings. The molecule has 8 heteroatoms. The first-order valence-corrected chi connectivity index (χ1v) is 14.9. The van der Waals surface area contributed by atoms with Crippen LogP contribution in [0.15, 0.2) is 43.5 Å². The molecule has 8 nitrogen and oxygen atoms in total. The lowest BCUT2D eigenvalue weighted by Gasteiger charge is -2.41. The molecule has 1 aromatic rings. The van der Waals surface area contributed by atoms with E-state index >= 15 is 0 Å². The number of carbonyl (C=O) groups excluding carboxylic acids is 3. The zero-order valence-electron chi connectivity index (χ0n) is 25.2. The van der Waals surface area contributed by atoms with Gasteiger partial charge in [0.2, 0.25) is 5.91 Å². The highest BCUT2D eigenvalue weighted by Crippen LogP contribution is 2.65. The lowest BCUT2D eigenvalue weighted by atomic mass is 9.65. The molecular weight excluding hydrogens is 520 g/mol. The van der Waals surface area contributed by atoms with E-state index in [0.29, 0.717) is 32.1 Å². The standard InChI is InChI=1S/C33H46N2O6/c1-8-11-12-19-40-31(39)26-25-29(37)35(24(20-36)21(4)5)28(33(25)17-16-32(26,10-3)41-33)30(38)34(18-9-2)27-22(6)14-13-15-23(27)7/h8-9,13-15,21,24-26,28,36H,1-2,10-12,16-20H2,3-7H3/t24-,25-,26+,28?,32-,33?/m0/s1. The van der Waals surface area contributed by atoms with Crippen molar-refractivity contribution in [3.8, 4) is 0 Å². The number of benzene rings is 1. The largest absolute Gasteiger partial charge is 0.465 e. The number of aliphatic hydroxyl groups excluding tert-OH is 1. The number of hydrogen-bond donors (Lipinski definition) is 1. The maximum Gasteiger partial charge on any atom is 0.312 e. The molecule has 1 N–H and O–H groups in total. The minimum absolute atomic E-state index is 0.135. The monoisotopic (exact) mass is 566 g/mol. The van der Waals surface area contributed by atoms with E-state index in [9.17, 15) is 19.5 Å². The van der Waals surface area contributed by atoms with Crippen LogP contribution in [0.5, 0.6) is 0 Å². The Morgan fingerprint density at radius 3 is 2.46 bits per heavy atom. The van der Waals surface area contributed by atoms with Crippen molar-refractivity contribution in [1.82, 2.24) is 4.90 Å². The van der Waals surface area contributed by atoms with Gasteiger partial charge in [-0.25, -0.2) is 0 Å². The van der Waals surface area contributed by atoms with Gasteiger partial charge in [0.15, 0.2) is 0 Å². The van der Waals surface area contributed by atoms with E-state index < -0.39 is 41.1 Å². The predicted molar refractivity (Wildman–Crippen MR) is 158 cm³/mol. The summed E-state index contributed by atoms with van der Waals surface area (Å²) >= 11 is 0. The Labute approximate surface area is 244 Å². The van der Waals surface area contributed by atoms with Gasteiger partial charge in [-0.1, -0.05) is 51.1 Å². The van der Waals surface area contributed by atoms with E-state index in [1.54, 1.807) is 22.0 Å². The summed E-state index contributed by atoms with van der Waals surface area (Å²) in [7, 11) is 0. The molecule has 4 rings (SSSR count).